The van der Waals surface area contributed by atoms with Gasteiger partial charge in [0.05, 0.1) is 0 Å². The second-order valence-corrected chi connectivity index (χ2v) is 5.53. The molecule has 1 N–H and O–H groups in total. The molecule has 0 spiro atoms. The van der Waals surface area contributed by atoms with E-state index < -0.39 is 0 Å². The monoisotopic (exact) mass is 297 g/mol. The van der Waals surface area contributed by atoms with Gasteiger partial charge < -0.3 is 14.7 Å². The fraction of sp³-hybridized carbons (Fsp3) is 0.278. The highest BCUT2D eigenvalue weighted by Gasteiger charge is 2.29. The van der Waals surface area contributed by atoms with Crippen LogP contribution in [-0.4, -0.2) is 24.2 Å². The van der Waals surface area contributed by atoms with E-state index in [1.54, 1.807) is 4.90 Å². The summed E-state index contributed by atoms with van der Waals surface area (Å²) in [5.41, 5.74) is 1.97. The molecule has 0 unspecified atom stereocenters. The number of aliphatic hydroxyl groups is 1. The first kappa shape index (κ1) is 14.6. The average Bonchev–Trinajstić information content (AvgIpc) is 2.95. The van der Waals surface area contributed by atoms with Gasteiger partial charge in [0.1, 0.15) is 12.4 Å². The van der Waals surface area contributed by atoms with E-state index in [0.717, 1.165) is 17.0 Å². The van der Waals surface area contributed by atoms with Crippen molar-refractivity contribution in [1.29, 1.82) is 0 Å². The van der Waals surface area contributed by atoms with Crippen LogP contribution in [0.25, 0.3) is 0 Å². The van der Waals surface area contributed by atoms with Crippen LogP contribution in [0.2, 0.25) is 0 Å². The number of aliphatic hydroxyl groups excluding tert-OH is 1. The second kappa shape index (κ2) is 6.62. The molecule has 114 valence electrons. The minimum absolute atomic E-state index is 0.0431. The third-order valence-corrected chi connectivity index (χ3v) is 3.86. The Morgan fingerprint density at radius 1 is 1.09 bits per heavy atom. The van der Waals surface area contributed by atoms with Crippen LogP contribution in [0.15, 0.2) is 54.6 Å². The Labute approximate surface area is 130 Å². The number of hydrogen-bond donors (Lipinski definition) is 1. The van der Waals surface area contributed by atoms with Crippen molar-refractivity contribution >= 4 is 11.6 Å². The molecule has 4 heteroatoms. The quantitative estimate of drug-likeness (QED) is 0.923. The summed E-state index contributed by atoms with van der Waals surface area (Å²) < 4.78 is 5.74. The fourth-order valence-electron chi connectivity index (χ4n) is 2.62. The zero-order chi connectivity index (χ0) is 15.4. The summed E-state index contributed by atoms with van der Waals surface area (Å²) in [5.74, 6) is 0.886. The van der Waals surface area contributed by atoms with Gasteiger partial charge in [0.2, 0.25) is 5.91 Å². The molecule has 1 amide bonds. The number of carbonyl (C=O) groups excluding carboxylic acids is 1. The summed E-state index contributed by atoms with van der Waals surface area (Å²) in [4.78, 5) is 13.6. The van der Waals surface area contributed by atoms with E-state index in [9.17, 15) is 9.90 Å². The van der Waals surface area contributed by atoms with Crippen molar-refractivity contribution in [2.24, 2.45) is 5.92 Å². The summed E-state index contributed by atoms with van der Waals surface area (Å²) in [6, 6.07) is 17.5. The van der Waals surface area contributed by atoms with Crippen LogP contribution in [0.4, 0.5) is 5.69 Å². The summed E-state index contributed by atoms with van der Waals surface area (Å²) in [5, 5.41) is 9.17. The maximum absolute atomic E-state index is 11.9. The van der Waals surface area contributed by atoms with E-state index in [0.29, 0.717) is 19.6 Å². The number of rotatable bonds is 5. The maximum Gasteiger partial charge on any atom is 0.227 e. The van der Waals surface area contributed by atoms with Crippen molar-refractivity contribution in [3.63, 3.8) is 0 Å². The van der Waals surface area contributed by atoms with Crippen LogP contribution in [0.5, 0.6) is 5.75 Å². The molecular formula is C18H19NO3. The molecule has 0 bridgehead atoms. The lowest BCUT2D eigenvalue weighted by Gasteiger charge is -2.17. The molecule has 0 saturated carbocycles. The zero-order valence-electron chi connectivity index (χ0n) is 12.3. The number of benzene rings is 2. The normalized spacial score (nSPS) is 17.8. The molecule has 1 atom stereocenters. The van der Waals surface area contributed by atoms with Crippen LogP contribution >= 0.6 is 0 Å². The van der Waals surface area contributed by atoms with Crippen molar-refractivity contribution < 1.29 is 14.6 Å². The van der Waals surface area contributed by atoms with Gasteiger partial charge in [0, 0.05) is 31.2 Å². The smallest absolute Gasteiger partial charge is 0.227 e. The highest BCUT2D eigenvalue weighted by molar-refractivity contribution is 5.95. The number of carbonyl (C=O) groups is 1. The first-order valence-corrected chi connectivity index (χ1v) is 7.44. The van der Waals surface area contributed by atoms with Crippen LogP contribution in [0.3, 0.4) is 0 Å². The predicted molar refractivity (Wildman–Crippen MR) is 84.8 cm³/mol. The molecule has 1 fully saturated rings. The molecule has 1 aliphatic rings. The van der Waals surface area contributed by atoms with Gasteiger partial charge in [-0.15, -0.1) is 0 Å². The second-order valence-electron chi connectivity index (χ2n) is 5.53. The lowest BCUT2D eigenvalue weighted by Crippen LogP contribution is -2.24. The SMILES string of the molecule is O=C1C[C@H](CO)CN1c1ccc(OCc2ccccc2)cc1. The number of anilines is 1. The van der Waals surface area contributed by atoms with Gasteiger partial charge in [-0.1, -0.05) is 30.3 Å². The third-order valence-electron chi connectivity index (χ3n) is 3.86. The van der Waals surface area contributed by atoms with E-state index in [-0.39, 0.29) is 18.4 Å². The first-order valence-electron chi connectivity index (χ1n) is 7.44. The van der Waals surface area contributed by atoms with Crippen LogP contribution in [0.1, 0.15) is 12.0 Å². The lowest BCUT2D eigenvalue weighted by molar-refractivity contribution is -0.117. The number of hydrogen-bond acceptors (Lipinski definition) is 3. The van der Waals surface area contributed by atoms with Crippen molar-refractivity contribution in [3.05, 3.63) is 60.2 Å². The molecule has 1 heterocycles. The van der Waals surface area contributed by atoms with Crippen molar-refractivity contribution in [2.45, 2.75) is 13.0 Å². The molecular weight excluding hydrogens is 278 g/mol. The predicted octanol–water partition coefficient (Wildman–Crippen LogP) is 2.61. The summed E-state index contributed by atoms with van der Waals surface area (Å²) >= 11 is 0. The van der Waals surface area contributed by atoms with E-state index >= 15 is 0 Å². The van der Waals surface area contributed by atoms with Gasteiger partial charge in [-0.3, -0.25) is 4.79 Å². The molecule has 2 aromatic carbocycles. The van der Waals surface area contributed by atoms with Crippen molar-refractivity contribution in [3.8, 4) is 5.75 Å². The summed E-state index contributed by atoms with van der Waals surface area (Å²) in [7, 11) is 0. The zero-order valence-corrected chi connectivity index (χ0v) is 12.3. The number of nitrogens with zero attached hydrogens (tertiary/aromatic N) is 1. The molecule has 1 aliphatic heterocycles. The minimum Gasteiger partial charge on any atom is -0.489 e. The minimum atomic E-state index is 0.0431. The Morgan fingerprint density at radius 2 is 1.82 bits per heavy atom. The Kier molecular flexibility index (Phi) is 4.39. The molecule has 22 heavy (non-hydrogen) atoms. The van der Waals surface area contributed by atoms with Gasteiger partial charge in [0.25, 0.3) is 0 Å². The van der Waals surface area contributed by atoms with Crippen LogP contribution in [0, 0.1) is 5.92 Å². The van der Waals surface area contributed by atoms with Gasteiger partial charge in [-0.2, -0.15) is 0 Å². The molecule has 0 aromatic heterocycles. The number of amides is 1. The van der Waals surface area contributed by atoms with Crippen LogP contribution < -0.4 is 9.64 Å². The Balaban J connectivity index is 1.62. The van der Waals surface area contributed by atoms with Crippen LogP contribution in [-0.2, 0) is 11.4 Å². The van der Waals surface area contributed by atoms with Gasteiger partial charge in [0.15, 0.2) is 0 Å². The van der Waals surface area contributed by atoms with Gasteiger partial charge >= 0.3 is 0 Å². The topological polar surface area (TPSA) is 49.8 Å². The standard InChI is InChI=1S/C18H19NO3/c20-12-15-10-18(21)19(11-15)16-6-8-17(9-7-16)22-13-14-4-2-1-3-5-14/h1-9,15,20H,10-13H2/t15-/m0/s1. The Morgan fingerprint density at radius 3 is 2.45 bits per heavy atom. The Bertz CT molecular complexity index is 625. The number of ether oxygens (including phenoxy) is 1. The first-order chi connectivity index (χ1) is 10.8. The highest BCUT2D eigenvalue weighted by atomic mass is 16.5. The molecule has 0 radical (unpaired) electrons. The van der Waals surface area contributed by atoms with E-state index in [4.69, 9.17) is 4.74 Å². The lowest BCUT2D eigenvalue weighted by atomic mass is 10.1. The Hall–Kier alpha value is -2.33. The van der Waals surface area contributed by atoms with E-state index in [1.165, 1.54) is 0 Å². The molecule has 1 saturated heterocycles. The third kappa shape index (κ3) is 3.28. The van der Waals surface area contributed by atoms with Gasteiger partial charge in [-0.05, 0) is 29.8 Å². The van der Waals surface area contributed by atoms with Gasteiger partial charge in [-0.25, -0.2) is 0 Å². The molecule has 0 aliphatic carbocycles. The summed E-state index contributed by atoms with van der Waals surface area (Å²) in [6.45, 7) is 1.16. The molecule has 2 aromatic rings. The van der Waals surface area contributed by atoms with Crippen molar-refractivity contribution in [1.82, 2.24) is 0 Å². The highest BCUT2D eigenvalue weighted by Crippen LogP contribution is 2.26. The fourth-order valence-corrected chi connectivity index (χ4v) is 2.62. The largest absolute Gasteiger partial charge is 0.489 e. The van der Waals surface area contributed by atoms with E-state index in [1.807, 2.05) is 54.6 Å². The summed E-state index contributed by atoms with van der Waals surface area (Å²) in [6.07, 6.45) is 0.419. The van der Waals surface area contributed by atoms with Crippen molar-refractivity contribution in [2.75, 3.05) is 18.1 Å². The molecule has 4 nitrogen and oxygen atoms in total. The maximum atomic E-state index is 11.9. The average molecular weight is 297 g/mol. The van der Waals surface area contributed by atoms with E-state index in [2.05, 4.69) is 0 Å². The molecule has 3 rings (SSSR count).